The first-order valence-corrected chi connectivity index (χ1v) is 16.0. The molecule has 212 valence electrons. The molecule has 39 heavy (non-hydrogen) atoms. The number of benzene rings is 2. The molecule has 2 unspecified atom stereocenters. The maximum atomic E-state index is 13.6. The highest BCUT2D eigenvalue weighted by atomic mass is 35.5. The molecule has 0 amide bonds. The molecular formula is C28H37ClN4O4S2. The van der Waals surface area contributed by atoms with Gasteiger partial charge in [0, 0.05) is 45.7 Å². The van der Waals surface area contributed by atoms with Gasteiger partial charge >= 0.3 is 0 Å². The molecule has 2 heterocycles. The zero-order valence-corrected chi connectivity index (χ0v) is 25.6. The van der Waals surface area contributed by atoms with Crippen LogP contribution in [0.25, 0.3) is 10.8 Å². The van der Waals surface area contributed by atoms with Crippen LogP contribution in [0.15, 0.2) is 46.3 Å². The zero-order chi connectivity index (χ0) is 28.3. The van der Waals surface area contributed by atoms with E-state index in [-0.39, 0.29) is 35.1 Å². The first-order valence-electron chi connectivity index (χ1n) is 13.1. The molecule has 2 aromatic carbocycles. The molecule has 0 N–H and O–H groups in total. The van der Waals surface area contributed by atoms with Crippen LogP contribution in [0.5, 0.6) is 0 Å². The number of ether oxygens (including phenoxy) is 1. The number of carbonyl (C=O) groups excluding carboxylic acids is 1. The van der Waals surface area contributed by atoms with Crippen molar-refractivity contribution in [3.63, 3.8) is 0 Å². The Bertz CT molecular complexity index is 1520. The van der Waals surface area contributed by atoms with Crippen molar-refractivity contribution in [2.45, 2.75) is 56.3 Å². The highest BCUT2D eigenvalue weighted by molar-refractivity contribution is 7.91. The summed E-state index contributed by atoms with van der Waals surface area (Å²) in [4.78, 5) is 24.5. The zero-order valence-electron chi connectivity index (χ0n) is 23.2. The topological polar surface area (TPSA) is 84.2 Å². The Hall–Kier alpha value is -2.24. The Morgan fingerprint density at radius 1 is 1.23 bits per heavy atom. The van der Waals surface area contributed by atoms with Crippen molar-refractivity contribution in [1.29, 1.82) is 0 Å². The number of hydrogen-bond donors (Lipinski definition) is 0. The molecule has 1 aliphatic rings. The van der Waals surface area contributed by atoms with E-state index >= 15 is 0 Å². The van der Waals surface area contributed by atoms with Gasteiger partial charge in [0.2, 0.25) is 0 Å². The standard InChI is InChI=1S/C28H37ClN4O4S2/c1-19(37-5)31(3)18-26-27(32(4)28(30-2)38-26)33-14-7-6-8-24(33)25(34)13-15-39(35,36)23-12-10-20-16-22(29)11-9-21(20)17-23/h9-12,16-17,19,24H,6-8,13-15,18H2,1-5H3. The molecule has 0 saturated carbocycles. The fourth-order valence-electron chi connectivity index (χ4n) is 5.12. The maximum Gasteiger partial charge on any atom is 0.186 e. The lowest BCUT2D eigenvalue weighted by Crippen LogP contribution is -2.47. The molecule has 2 atom stereocenters. The lowest BCUT2D eigenvalue weighted by molar-refractivity contribution is -0.120. The van der Waals surface area contributed by atoms with Crippen LogP contribution in [-0.4, -0.2) is 69.4 Å². The van der Waals surface area contributed by atoms with Gasteiger partial charge < -0.3 is 14.2 Å². The number of piperidine rings is 1. The first-order chi connectivity index (χ1) is 18.6. The minimum Gasteiger partial charge on any atom is -0.367 e. The lowest BCUT2D eigenvalue weighted by atomic mass is 9.97. The molecular weight excluding hydrogens is 556 g/mol. The third-order valence-corrected chi connectivity index (χ3v) is 10.7. The van der Waals surface area contributed by atoms with Crippen LogP contribution in [-0.2, 0) is 33.0 Å². The second-order valence-corrected chi connectivity index (χ2v) is 13.7. The predicted octanol–water partition coefficient (Wildman–Crippen LogP) is 4.64. The van der Waals surface area contributed by atoms with Crippen LogP contribution >= 0.6 is 22.9 Å². The number of ketones is 1. The third kappa shape index (κ3) is 6.57. The van der Waals surface area contributed by atoms with Gasteiger partial charge in [-0.25, -0.2) is 8.42 Å². The van der Waals surface area contributed by atoms with Gasteiger partial charge in [0.25, 0.3) is 0 Å². The highest BCUT2D eigenvalue weighted by Gasteiger charge is 2.33. The Morgan fingerprint density at radius 2 is 1.95 bits per heavy atom. The second-order valence-electron chi connectivity index (χ2n) is 10.1. The van der Waals surface area contributed by atoms with Crippen LogP contribution in [0.3, 0.4) is 0 Å². The Labute approximate surface area is 239 Å². The summed E-state index contributed by atoms with van der Waals surface area (Å²) < 4.78 is 34.0. The fourth-order valence-corrected chi connectivity index (χ4v) is 7.73. The SMILES string of the molecule is CN=c1sc(CN(C)C(C)OC)c(N2CCCCC2C(=O)CCS(=O)(=O)c2ccc3cc(Cl)ccc3c2)n1C. The molecule has 1 saturated heterocycles. The smallest absolute Gasteiger partial charge is 0.186 e. The normalized spacial score (nSPS) is 17.8. The molecule has 0 aliphatic carbocycles. The van der Waals surface area contributed by atoms with Crippen molar-refractivity contribution in [2.75, 3.05) is 38.4 Å². The van der Waals surface area contributed by atoms with Gasteiger partial charge in [-0.05, 0) is 68.3 Å². The van der Waals surface area contributed by atoms with Gasteiger partial charge in [-0.1, -0.05) is 35.1 Å². The molecule has 1 aliphatic heterocycles. The van der Waals surface area contributed by atoms with E-state index < -0.39 is 9.84 Å². The quantitative estimate of drug-likeness (QED) is 0.319. The fraction of sp³-hybridized carbons (Fsp3) is 0.500. The van der Waals surface area contributed by atoms with E-state index in [1.54, 1.807) is 55.8 Å². The summed E-state index contributed by atoms with van der Waals surface area (Å²) >= 11 is 7.67. The number of nitrogens with zero attached hydrogens (tertiary/aromatic N) is 4. The summed E-state index contributed by atoms with van der Waals surface area (Å²) in [6, 6.07) is 9.99. The van der Waals surface area contributed by atoms with Gasteiger partial charge in [-0.3, -0.25) is 14.7 Å². The number of fused-ring (bicyclic) bond motifs is 1. The molecule has 1 fully saturated rings. The minimum atomic E-state index is -3.63. The number of rotatable bonds is 10. The number of anilines is 1. The number of methoxy groups -OCH3 is 1. The number of aromatic nitrogens is 1. The van der Waals surface area contributed by atoms with Crippen molar-refractivity contribution < 1.29 is 17.9 Å². The predicted molar refractivity (Wildman–Crippen MR) is 158 cm³/mol. The lowest BCUT2D eigenvalue weighted by Gasteiger charge is -2.37. The van der Waals surface area contributed by atoms with Gasteiger partial charge in [-0.2, -0.15) is 0 Å². The number of Topliss-reactive ketones (excluding diaryl/α,β-unsaturated/α-hetero) is 1. The number of thiazole rings is 1. The summed E-state index contributed by atoms with van der Waals surface area (Å²) in [6.45, 7) is 3.38. The average molecular weight is 593 g/mol. The van der Waals surface area contributed by atoms with Crippen LogP contribution in [0.2, 0.25) is 5.02 Å². The van der Waals surface area contributed by atoms with Crippen molar-refractivity contribution in [3.8, 4) is 0 Å². The summed E-state index contributed by atoms with van der Waals surface area (Å²) in [5.41, 5.74) is 0. The van der Waals surface area contributed by atoms with Gasteiger partial charge in [0.1, 0.15) is 12.0 Å². The van der Waals surface area contributed by atoms with Crippen LogP contribution in [0.1, 0.15) is 37.5 Å². The van der Waals surface area contributed by atoms with Gasteiger partial charge in [0.05, 0.1) is 21.6 Å². The number of halogens is 1. The van der Waals surface area contributed by atoms with Crippen LogP contribution in [0, 0.1) is 0 Å². The number of hydrogen-bond acceptors (Lipinski definition) is 8. The van der Waals surface area contributed by atoms with E-state index in [1.165, 1.54) is 0 Å². The minimum absolute atomic E-state index is 0.0308. The van der Waals surface area contributed by atoms with E-state index in [9.17, 15) is 13.2 Å². The molecule has 11 heteroatoms. The summed E-state index contributed by atoms with van der Waals surface area (Å²) in [5, 5.41) is 2.27. The number of carbonyl (C=O) groups is 1. The van der Waals surface area contributed by atoms with Crippen molar-refractivity contribution >= 4 is 55.1 Å². The maximum absolute atomic E-state index is 13.6. The monoisotopic (exact) mass is 592 g/mol. The van der Waals surface area contributed by atoms with Crippen molar-refractivity contribution in [3.05, 3.63) is 51.1 Å². The average Bonchev–Trinajstić information content (AvgIpc) is 3.24. The molecule has 4 rings (SSSR count). The molecule has 3 aromatic rings. The molecule has 0 spiro atoms. The number of sulfone groups is 1. The van der Waals surface area contributed by atoms with E-state index in [1.807, 2.05) is 27.1 Å². The Balaban J connectivity index is 1.56. The van der Waals surface area contributed by atoms with Crippen molar-refractivity contribution in [1.82, 2.24) is 9.47 Å². The van der Waals surface area contributed by atoms with E-state index in [0.29, 0.717) is 18.0 Å². The Kier molecular flexibility index (Phi) is 9.54. The van der Waals surface area contributed by atoms with E-state index in [4.69, 9.17) is 16.3 Å². The van der Waals surface area contributed by atoms with Gasteiger partial charge in [0.15, 0.2) is 20.4 Å². The van der Waals surface area contributed by atoms with Gasteiger partial charge in [-0.15, -0.1) is 0 Å². The second kappa shape index (κ2) is 12.5. The molecule has 8 nitrogen and oxygen atoms in total. The Morgan fingerprint density at radius 3 is 2.67 bits per heavy atom. The summed E-state index contributed by atoms with van der Waals surface area (Å²) in [7, 11) is 3.80. The molecule has 1 aromatic heterocycles. The third-order valence-electron chi connectivity index (χ3n) is 7.51. The van der Waals surface area contributed by atoms with E-state index in [0.717, 1.165) is 45.7 Å². The first kappa shape index (κ1) is 29.7. The largest absolute Gasteiger partial charge is 0.367 e. The summed E-state index contributed by atoms with van der Waals surface area (Å²) in [5.74, 6) is 0.711. The highest BCUT2D eigenvalue weighted by Crippen LogP contribution is 2.32. The van der Waals surface area contributed by atoms with Crippen molar-refractivity contribution in [2.24, 2.45) is 12.0 Å². The molecule has 0 radical (unpaired) electrons. The molecule has 0 bridgehead atoms. The van der Waals surface area contributed by atoms with Crippen LogP contribution in [0.4, 0.5) is 5.82 Å². The van der Waals surface area contributed by atoms with E-state index in [2.05, 4.69) is 19.4 Å². The summed E-state index contributed by atoms with van der Waals surface area (Å²) in [6.07, 6.45) is 2.51. The van der Waals surface area contributed by atoms with Crippen LogP contribution < -0.4 is 9.70 Å².